The molecule has 2 rings (SSSR count). The molecule has 1 aromatic rings. The lowest BCUT2D eigenvalue weighted by molar-refractivity contribution is -0.132. The number of piperidine rings is 1. The molecule has 0 aliphatic carbocycles. The molecule has 1 heterocycles. The Morgan fingerprint density at radius 1 is 1.35 bits per heavy atom. The molecule has 0 radical (unpaired) electrons. The Morgan fingerprint density at radius 2 is 2.04 bits per heavy atom. The van der Waals surface area contributed by atoms with Gasteiger partial charge < -0.3 is 15.0 Å². The number of nitrogens with zero attached hydrogens (tertiary/aromatic N) is 1. The number of nitrogens with one attached hydrogen (secondary N) is 1. The minimum absolute atomic E-state index is 0.0222. The highest BCUT2D eigenvalue weighted by atomic mass is 16.5. The van der Waals surface area contributed by atoms with Gasteiger partial charge >= 0.3 is 0 Å². The topological polar surface area (TPSA) is 58.6 Å². The lowest BCUT2D eigenvalue weighted by atomic mass is 9.95. The number of hydrogen-bond acceptors (Lipinski definition) is 3. The third-order valence-corrected chi connectivity index (χ3v) is 4.12. The fourth-order valence-electron chi connectivity index (χ4n) is 2.82. The first kappa shape index (κ1) is 17.2. The molecule has 124 valence electrons. The molecule has 0 unspecified atom stereocenters. The van der Waals surface area contributed by atoms with Gasteiger partial charge in [0.05, 0.1) is 6.61 Å². The maximum absolute atomic E-state index is 12.3. The lowest BCUT2D eigenvalue weighted by Crippen LogP contribution is -2.42. The molecule has 1 aliphatic heterocycles. The van der Waals surface area contributed by atoms with Crippen molar-refractivity contribution in [2.75, 3.05) is 20.2 Å². The lowest BCUT2D eigenvalue weighted by Gasteiger charge is -2.30. The molecule has 23 heavy (non-hydrogen) atoms. The van der Waals surface area contributed by atoms with Crippen LogP contribution in [0.4, 0.5) is 0 Å². The molecule has 0 atom stereocenters. The maximum atomic E-state index is 12.3. The van der Waals surface area contributed by atoms with Gasteiger partial charge in [-0.1, -0.05) is 30.8 Å². The first-order chi connectivity index (χ1) is 11.1. The Bertz CT molecular complexity index is 563. The van der Waals surface area contributed by atoms with E-state index in [0.29, 0.717) is 39.1 Å². The van der Waals surface area contributed by atoms with Crippen molar-refractivity contribution < 1.29 is 14.3 Å². The zero-order chi connectivity index (χ0) is 16.7. The third kappa shape index (κ3) is 4.93. The molecule has 1 aromatic carbocycles. The van der Waals surface area contributed by atoms with Crippen LogP contribution in [-0.4, -0.2) is 36.9 Å². The number of amides is 2. The van der Waals surface area contributed by atoms with Gasteiger partial charge in [-0.25, -0.2) is 0 Å². The highest BCUT2D eigenvalue weighted by Crippen LogP contribution is 2.18. The number of hydrogen-bond donors (Lipinski definition) is 1. The molecule has 0 saturated carbocycles. The highest BCUT2D eigenvalue weighted by molar-refractivity contribution is 5.87. The van der Waals surface area contributed by atoms with Crippen molar-refractivity contribution in [1.82, 2.24) is 10.2 Å². The normalized spacial score (nSPS) is 15.3. The van der Waals surface area contributed by atoms with Crippen molar-refractivity contribution in [2.24, 2.45) is 5.92 Å². The second-order valence-corrected chi connectivity index (χ2v) is 5.77. The van der Waals surface area contributed by atoms with Crippen LogP contribution in [0.2, 0.25) is 0 Å². The van der Waals surface area contributed by atoms with E-state index in [9.17, 15) is 9.59 Å². The third-order valence-electron chi connectivity index (χ3n) is 4.12. The average Bonchev–Trinajstić information content (AvgIpc) is 2.60. The minimum atomic E-state index is -0.0567. The van der Waals surface area contributed by atoms with Crippen LogP contribution in [0.15, 0.2) is 36.9 Å². The van der Waals surface area contributed by atoms with Crippen LogP contribution in [0.3, 0.4) is 0 Å². The second kappa shape index (κ2) is 8.48. The maximum Gasteiger partial charge on any atom is 0.245 e. The van der Waals surface area contributed by atoms with Crippen LogP contribution >= 0.6 is 0 Å². The van der Waals surface area contributed by atoms with E-state index in [1.807, 2.05) is 24.3 Å². The summed E-state index contributed by atoms with van der Waals surface area (Å²) in [6.45, 7) is 5.81. The number of benzene rings is 1. The number of carbonyl (C=O) groups is 2. The van der Waals surface area contributed by atoms with Gasteiger partial charge in [0.15, 0.2) is 0 Å². The number of ether oxygens (including phenoxy) is 1. The zero-order valence-corrected chi connectivity index (χ0v) is 13.6. The Hall–Kier alpha value is -2.14. The largest absolute Gasteiger partial charge is 0.380 e. The van der Waals surface area contributed by atoms with E-state index < -0.39 is 0 Å². The van der Waals surface area contributed by atoms with Gasteiger partial charge in [-0.15, -0.1) is 0 Å². The monoisotopic (exact) mass is 316 g/mol. The van der Waals surface area contributed by atoms with Crippen LogP contribution in [0.25, 0.3) is 0 Å². The smallest absolute Gasteiger partial charge is 0.245 e. The molecule has 1 fully saturated rings. The second-order valence-electron chi connectivity index (χ2n) is 5.77. The van der Waals surface area contributed by atoms with Gasteiger partial charge in [0.25, 0.3) is 0 Å². The zero-order valence-electron chi connectivity index (χ0n) is 13.6. The van der Waals surface area contributed by atoms with E-state index in [4.69, 9.17) is 4.74 Å². The molecule has 5 heteroatoms. The molecule has 5 nitrogen and oxygen atoms in total. The van der Waals surface area contributed by atoms with E-state index >= 15 is 0 Å². The van der Waals surface area contributed by atoms with Crippen molar-refractivity contribution in [1.29, 1.82) is 0 Å². The SMILES string of the molecule is C=CC(=O)N1CCC(C(=O)NCc2cccc(COC)c2)CC1. The highest BCUT2D eigenvalue weighted by Gasteiger charge is 2.26. The summed E-state index contributed by atoms with van der Waals surface area (Å²) in [5, 5.41) is 2.99. The fraction of sp³-hybridized carbons (Fsp3) is 0.444. The van der Waals surface area contributed by atoms with Crippen LogP contribution in [0, 0.1) is 5.92 Å². The first-order valence-electron chi connectivity index (χ1n) is 7.90. The summed E-state index contributed by atoms with van der Waals surface area (Å²) in [6.07, 6.45) is 2.73. The minimum Gasteiger partial charge on any atom is -0.380 e. The van der Waals surface area contributed by atoms with E-state index in [0.717, 1.165) is 11.1 Å². The Morgan fingerprint density at radius 3 is 2.70 bits per heavy atom. The Kier molecular flexibility index (Phi) is 6.35. The molecule has 0 aromatic heterocycles. The number of carbonyl (C=O) groups excluding carboxylic acids is 2. The molecule has 0 spiro atoms. The quantitative estimate of drug-likeness (QED) is 0.815. The molecule has 1 saturated heterocycles. The molecular formula is C18H24N2O3. The molecule has 1 N–H and O–H groups in total. The van der Waals surface area contributed by atoms with E-state index in [1.165, 1.54) is 6.08 Å². The first-order valence-corrected chi connectivity index (χ1v) is 7.90. The van der Waals surface area contributed by atoms with Crippen LogP contribution < -0.4 is 5.32 Å². The van der Waals surface area contributed by atoms with Crippen molar-refractivity contribution >= 4 is 11.8 Å². The van der Waals surface area contributed by atoms with E-state index in [2.05, 4.69) is 11.9 Å². The van der Waals surface area contributed by atoms with Gasteiger partial charge in [-0.05, 0) is 30.0 Å². The van der Waals surface area contributed by atoms with E-state index in [-0.39, 0.29) is 17.7 Å². The predicted octanol–water partition coefficient (Wildman–Crippen LogP) is 1.87. The van der Waals surface area contributed by atoms with Gasteiger partial charge in [-0.3, -0.25) is 9.59 Å². The molecular weight excluding hydrogens is 292 g/mol. The fourth-order valence-corrected chi connectivity index (χ4v) is 2.82. The standard InChI is InChI=1S/C18H24N2O3/c1-3-17(21)20-9-7-16(8-10-20)18(22)19-12-14-5-4-6-15(11-14)13-23-2/h3-6,11,16H,1,7-10,12-13H2,2H3,(H,19,22). The van der Waals surface area contributed by atoms with Crippen molar-refractivity contribution in [3.63, 3.8) is 0 Å². The number of likely N-dealkylation sites (tertiary alicyclic amines) is 1. The van der Waals surface area contributed by atoms with Crippen molar-refractivity contribution in [3.05, 3.63) is 48.0 Å². The summed E-state index contributed by atoms with van der Waals surface area (Å²) in [7, 11) is 1.66. The summed E-state index contributed by atoms with van der Waals surface area (Å²) < 4.78 is 5.12. The van der Waals surface area contributed by atoms with Crippen molar-refractivity contribution in [3.8, 4) is 0 Å². The van der Waals surface area contributed by atoms with Gasteiger partial charge in [-0.2, -0.15) is 0 Å². The summed E-state index contributed by atoms with van der Waals surface area (Å²) in [6, 6.07) is 8.00. The summed E-state index contributed by atoms with van der Waals surface area (Å²) in [4.78, 5) is 25.5. The molecule has 0 bridgehead atoms. The van der Waals surface area contributed by atoms with Crippen LogP contribution in [0.1, 0.15) is 24.0 Å². The van der Waals surface area contributed by atoms with E-state index in [1.54, 1.807) is 12.0 Å². The van der Waals surface area contributed by atoms with Crippen molar-refractivity contribution in [2.45, 2.75) is 26.0 Å². The summed E-state index contributed by atoms with van der Waals surface area (Å²) in [5.74, 6) is -0.0160. The Labute approximate surface area is 137 Å². The molecule has 2 amide bonds. The van der Waals surface area contributed by atoms with Gasteiger partial charge in [0.1, 0.15) is 0 Å². The van der Waals surface area contributed by atoms with Crippen LogP contribution in [-0.2, 0) is 27.5 Å². The number of rotatable bonds is 6. The molecule has 1 aliphatic rings. The predicted molar refractivity (Wildman–Crippen MR) is 88.5 cm³/mol. The number of methoxy groups -OCH3 is 1. The Balaban J connectivity index is 1.80. The van der Waals surface area contributed by atoms with Crippen LogP contribution in [0.5, 0.6) is 0 Å². The average molecular weight is 316 g/mol. The van der Waals surface area contributed by atoms with Gasteiger partial charge in [0.2, 0.25) is 11.8 Å². The summed E-state index contributed by atoms with van der Waals surface area (Å²) in [5.41, 5.74) is 2.16. The van der Waals surface area contributed by atoms with Gasteiger partial charge in [0, 0.05) is 32.7 Å². The summed E-state index contributed by atoms with van der Waals surface area (Å²) >= 11 is 0.